The van der Waals surface area contributed by atoms with Crippen LogP contribution in [-0.4, -0.2) is 0 Å². The molecule has 2 aromatic rings. The number of nitrogen functional groups attached to an aromatic ring is 2. The van der Waals surface area contributed by atoms with Crippen LogP contribution in [0.25, 0.3) is 10.9 Å². The monoisotopic (exact) mass is 259 g/mol. The first-order chi connectivity index (χ1) is 7.79. The van der Waals surface area contributed by atoms with Gasteiger partial charge in [-0.05, 0) is 12.1 Å². The molecule has 0 bridgehead atoms. The van der Waals surface area contributed by atoms with Gasteiger partial charge >= 0.3 is 0 Å². The first kappa shape index (κ1) is 13.4. The van der Waals surface area contributed by atoms with Crippen LogP contribution >= 0.6 is 0 Å². The molecule has 2 rings (SSSR count). The molecule has 1 heterocycles. The third kappa shape index (κ3) is 4.39. The van der Waals surface area contributed by atoms with Gasteiger partial charge in [-0.3, -0.25) is 11.6 Å². The molecule has 1 aromatic heterocycles. The first-order valence-electron chi connectivity index (χ1n) is 4.35. The second-order valence-corrected chi connectivity index (χ2v) is 3.82. The van der Waals surface area contributed by atoms with Gasteiger partial charge in [0.15, 0.2) is 5.52 Å². The van der Waals surface area contributed by atoms with E-state index in [0.29, 0.717) is 5.82 Å². The van der Waals surface area contributed by atoms with Crippen molar-refractivity contribution >= 4 is 16.7 Å². The Morgan fingerprint density at radius 3 is 2.06 bits per heavy atom. The van der Waals surface area contributed by atoms with E-state index >= 15 is 0 Å². The molecule has 0 fully saturated rings. The lowest BCUT2D eigenvalue weighted by molar-refractivity contribution is -2.00. The summed E-state index contributed by atoms with van der Waals surface area (Å²) in [7, 11) is -4.94. The predicted molar refractivity (Wildman–Crippen MR) is 48.7 cm³/mol. The third-order valence-electron chi connectivity index (χ3n) is 1.91. The van der Waals surface area contributed by atoms with Gasteiger partial charge in [-0.2, -0.15) is 0 Å². The summed E-state index contributed by atoms with van der Waals surface area (Å²) in [5.41, 5.74) is 6.57. The lowest BCUT2D eigenvalue weighted by Crippen LogP contribution is -2.68. The number of halogens is 1. The summed E-state index contributed by atoms with van der Waals surface area (Å²) in [6.45, 7) is 0. The number of para-hydroxylation sites is 1. The lowest BCUT2D eigenvalue weighted by Gasteiger charge is -2.17. The van der Waals surface area contributed by atoms with E-state index in [9.17, 15) is 0 Å². The Bertz CT molecular complexity index is 509. The van der Waals surface area contributed by atoms with E-state index in [0.717, 1.165) is 10.9 Å². The third-order valence-corrected chi connectivity index (χ3v) is 1.91. The molecule has 0 radical (unpaired) electrons. The summed E-state index contributed by atoms with van der Waals surface area (Å²) in [6.07, 6.45) is 0. The number of hydrogen-bond acceptors (Lipinski definition) is 6. The number of nitrogens with zero attached hydrogens (tertiary/aromatic N) is 1. The SMILES string of the molecule is Nc1ccc2ccccc2[n+]1N.[O-][Cl+3]([O-])([O-])[O-]. The smallest absolute Gasteiger partial charge is 0.285 e. The second-order valence-electron chi connectivity index (χ2n) is 3.06. The van der Waals surface area contributed by atoms with Gasteiger partial charge in [0.1, 0.15) is 0 Å². The molecule has 17 heavy (non-hydrogen) atoms. The van der Waals surface area contributed by atoms with Gasteiger partial charge in [-0.25, -0.2) is 18.6 Å². The summed E-state index contributed by atoms with van der Waals surface area (Å²) in [5.74, 6) is 6.27. The predicted octanol–water partition coefficient (Wildman–Crippen LogP) is -4.33. The van der Waals surface area contributed by atoms with E-state index in [2.05, 4.69) is 0 Å². The van der Waals surface area contributed by atoms with Crippen LogP contribution in [-0.2, 0) is 0 Å². The van der Waals surface area contributed by atoms with E-state index < -0.39 is 10.2 Å². The van der Waals surface area contributed by atoms with Crippen molar-refractivity contribution in [2.45, 2.75) is 0 Å². The Kier molecular flexibility index (Phi) is 4.05. The van der Waals surface area contributed by atoms with Crippen LogP contribution in [0, 0.1) is 10.2 Å². The molecule has 0 saturated carbocycles. The van der Waals surface area contributed by atoms with Crippen molar-refractivity contribution in [2.24, 2.45) is 0 Å². The highest BCUT2D eigenvalue weighted by Crippen LogP contribution is 2.09. The number of benzene rings is 1. The molecule has 0 aliphatic heterocycles. The summed E-state index contributed by atoms with van der Waals surface area (Å²) in [6, 6.07) is 11.6. The largest absolute Gasteiger partial charge is 0.296 e. The minimum absolute atomic E-state index is 0.564. The number of fused-ring (bicyclic) bond motifs is 1. The molecule has 0 aliphatic carbocycles. The fourth-order valence-electron chi connectivity index (χ4n) is 1.24. The number of aromatic nitrogens is 1. The van der Waals surface area contributed by atoms with Gasteiger partial charge in [-0.1, -0.05) is 18.2 Å². The highest BCUT2D eigenvalue weighted by molar-refractivity contribution is 5.76. The summed E-state index contributed by atoms with van der Waals surface area (Å²) in [4.78, 5) is 0. The number of nitrogens with two attached hydrogens (primary N) is 2. The van der Waals surface area contributed by atoms with E-state index in [4.69, 9.17) is 30.2 Å². The molecule has 0 spiro atoms. The Morgan fingerprint density at radius 2 is 1.47 bits per heavy atom. The molecule has 1 aromatic carbocycles. The Hall–Kier alpha value is -1.64. The zero-order valence-electron chi connectivity index (χ0n) is 8.58. The fraction of sp³-hybridized carbons (Fsp3) is 0. The molecular formula is C9H10ClN3O4. The average molecular weight is 260 g/mol. The molecule has 0 unspecified atom stereocenters. The fourth-order valence-corrected chi connectivity index (χ4v) is 1.24. The summed E-state index contributed by atoms with van der Waals surface area (Å²) >= 11 is 0. The van der Waals surface area contributed by atoms with Gasteiger partial charge in [-0.15, -0.1) is 14.9 Å². The maximum atomic E-state index is 8.49. The van der Waals surface area contributed by atoms with Crippen molar-refractivity contribution in [2.75, 3.05) is 11.6 Å². The van der Waals surface area contributed by atoms with Crippen LogP contribution in [0.15, 0.2) is 36.4 Å². The van der Waals surface area contributed by atoms with E-state index in [1.165, 1.54) is 4.68 Å². The Balaban J connectivity index is 0.000000249. The quantitative estimate of drug-likeness (QED) is 0.361. The van der Waals surface area contributed by atoms with Crippen molar-refractivity contribution in [1.82, 2.24) is 0 Å². The standard InChI is InChI=1S/C9H9N3.ClHO4/c10-9-6-5-7-3-1-2-4-8(7)12(9)11;2-1(3,4)5/h1-6,10H,11H2;(H,2,3,4,5). The van der Waals surface area contributed by atoms with E-state index in [-0.39, 0.29) is 0 Å². The van der Waals surface area contributed by atoms with Crippen LogP contribution in [0.2, 0.25) is 0 Å². The lowest BCUT2D eigenvalue weighted by atomic mass is 10.2. The molecule has 8 heteroatoms. The van der Waals surface area contributed by atoms with Crippen molar-refractivity contribution in [3.8, 4) is 0 Å². The topological polar surface area (TPSA) is 148 Å². The molecule has 4 N–H and O–H groups in total. The average Bonchev–Trinajstić information content (AvgIpc) is 2.22. The van der Waals surface area contributed by atoms with E-state index in [1.54, 1.807) is 6.07 Å². The van der Waals surface area contributed by atoms with Crippen molar-refractivity contribution < 1.29 is 33.6 Å². The Morgan fingerprint density at radius 1 is 0.941 bits per heavy atom. The zero-order valence-corrected chi connectivity index (χ0v) is 9.33. The molecule has 7 nitrogen and oxygen atoms in total. The van der Waals surface area contributed by atoms with Crippen LogP contribution in [0.4, 0.5) is 5.82 Å². The maximum Gasteiger partial charge on any atom is 0.296 e. The number of rotatable bonds is 0. The van der Waals surface area contributed by atoms with Crippen LogP contribution in [0.3, 0.4) is 0 Å². The Labute approximate surface area is 98.8 Å². The second kappa shape index (κ2) is 5.13. The van der Waals surface area contributed by atoms with Gasteiger partial charge in [0.25, 0.3) is 5.82 Å². The zero-order chi connectivity index (χ0) is 13.1. The minimum Gasteiger partial charge on any atom is -0.285 e. The minimum atomic E-state index is -4.94. The normalized spacial score (nSPS) is 10.8. The molecular weight excluding hydrogens is 250 g/mol. The van der Waals surface area contributed by atoms with E-state index in [1.807, 2.05) is 30.3 Å². The number of anilines is 1. The highest BCUT2D eigenvalue weighted by atomic mass is 35.7. The molecule has 0 atom stereocenters. The number of pyridine rings is 1. The van der Waals surface area contributed by atoms with Crippen molar-refractivity contribution in [3.63, 3.8) is 0 Å². The molecule has 0 amide bonds. The van der Waals surface area contributed by atoms with Crippen LogP contribution in [0.5, 0.6) is 0 Å². The number of hydrogen-bond donors (Lipinski definition) is 2. The van der Waals surface area contributed by atoms with Crippen LogP contribution < -0.4 is 34.9 Å². The summed E-state index contributed by atoms with van der Waals surface area (Å²) < 4.78 is 35.5. The molecule has 0 saturated heterocycles. The maximum absolute atomic E-state index is 8.49. The highest BCUT2D eigenvalue weighted by Gasteiger charge is 2.04. The van der Waals surface area contributed by atoms with Gasteiger partial charge < -0.3 is 0 Å². The van der Waals surface area contributed by atoms with Crippen LogP contribution in [0.1, 0.15) is 0 Å². The van der Waals surface area contributed by atoms with Crippen molar-refractivity contribution in [1.29, 1.82) is 0 Å². The van der Waals surface area contributed by atoms with Gasteiger partial charge in [0, 0.05) is 11.5 Å². The van der Waals surface area contributed by atoms with Gasteiger partial charge in [0.05, 0.1) is 0 Å². The molecule has 92 valence electrons. The molecule has 0 aliphatic rings. The first-order valence-corrected chi connectivity index (χ1v) is 5.58. The van der Waals surface area contributed by atoms with Crippen molar-refractivity contribution in [3.05, 3.63) is 36.4 Å². The summed E-state index contributed by atoms with van der Waals surface area (Å²) in [5, 5.41) is 1.09. The van der Waals surface area contributed by atoms with Gasteiger partial charge in [0.2, 0.25) is 0 Å².